The highest BCUT2D eigenvalue weighted by atomic mass is 16.6. The zero-order valence-electron chi connectivity index (χ0n) is 40.7. The number of likely N-dealkylation sites (tertiary alicyclic amines) is 2. The number of ether oxygens (including phenoxy) is 3. The third-order valence-electron chi connectivity index (χ3n) is 14.5. The van der Waals surface area contributed by atoms with Crippen molar-refractivity contribution in [1.29, 1.82) is 0 Å². The lowest BCUT2D eigenvalue weighted by molar-refractivity contribution is -0.172. The average molecular weight is 981 g/mol. The fourth-order valence-electron chi connectivity index (χ4n) is 10.6. The van der Waals surface area contributed by atoms with Gasteiger partial charge in [0.2, 0.25) is 11.7 Å². The van der Waals surface area contributed by atoms with Crippen LogP contribution in [0.25, 0.3) is 39.4 Å². The van der Waals surface area contributed by atoms with Crippen LogP contribution in [0.1, 0.15) is 111 Å². The van der Waals surface area contributed by atoms with Gasteiger partial charge in [0.15, 0.2) is 11.4 Å². The monoisotopic (exact) mass is 980 g/mol. The fraction of sp³-hybridized carbons (Fsp3) is 0.396. The molecule has 3 aromatic heterocycles. The molecule has 0 aliphatic carbocycles. The summed E-state index contributed by atoms with van der Waals surface area (Å²) >= 11 is 0. The van der Waals surface area contributed by atoms with Crippen LogP contribution in [0.15, 0.2) is 65.5 Å². The quantitative estimate of drug-likeness (QED) is 0.106. The molecule has 2 fully saturated rings. The van der Waals surface area contributed by atoms with Crippen LogP contribution in [-0.4, -0.2) is 112 Å². The van der Waals surface area contributed by atoms with Gasteiger partial charge in [-0.05, 0) is 104 Å². The Bertz CT molecular complexity index is 3250. The number of carbonyl (C=O) groups is 4. The van der Waals surface area contributed by atoms with Crippen molar-refractivity contribution in [1.82, 2.24) is 39.4 Å². The van der Waals surface area contributed by atoms with E-state index in [9.17, 15) is 39.3 Å². The molecule has 6 aromatic rings. The Kier molecular flexibility index (Phi) is 12.5. The summed E-state index contributed by atoms with van der Waals surface area (Å²) in [4.78, 5) is 75.8. The van der Waals surface area contributed by atoms with Crippen molar-refractivity contribution in [3.63, 3.8) is 0 Å². The van der Waals surface area contributed by atoms with Crippen LogP contribution in [0.2, 0.25) is 0 Å². The number of benzene rings is 3. The first-order valence-electron chi connectivity index (χ1n) is 24.6. The summed E-state index contributed by atoms with van der Waals surface area (Å²) in [5.41, 5.74) is 3.14. The number of amides is 3. The van der Waals surface area contributed by atoms with Crippen LogP contribution in [0.3, 0.4) is 0 Å². The predicted octanol–water partition coefficient (Wildman–Crippen LogP) is 6.21. The number of cyclic esters (lactones) is 1. The molecule has 0 radical (unpaired) electrons. The van der Waals surface area contributed by atoms with Crippen molar-refractivity contribution in [2.45, 2.75) is 110 Å². The number of esters is 1. The van der Waals surface area contributed by atoms with Crippen molar-refractivity contribution in [2.24, 2.45) is 0 Å². The normalized spacial score (nSPS) is 18.5. The Hall–Kier alpha value is -7.80. The first-order valence-corrected chi connectivity index (χ1v) is 24.6. The zero-order valence-corrected chi connectivity index (χ0v) is 40.7. The lowest BCUT2D eigenvalue weighted by Gasteiger charge is -2.35. The van der Waals surface area contributed by atoms with Crippen LogP contribution < -0.4 is 20.3 Å². The number of aliphatic hydroxyl groups is 1. The maximum Gasteiger partial charge on any atom is 0.415 e. The summed E-state index contributed by atoms with van der Waals surface area (Å²) < 4.78 is 20.7. The minimum Gasteiger partial charge on any atom is -0.508 e. The molecule has 4 aliphatic heterocycles. The number of phenols is 2. The molecule has 10 rings (SSSR count). The molecule has 0 spiro atoms. The third-order valence-corrected chi connectivity index (χ3v) is 14.5. The first-order chi connectivity index (χ1) is 34.6. The molecule has 3 amide bonds. The van der Waals surface area contributed by atoms with Crippen LogP contribution in [-0.2, 0) is 39.5 Å². The van der Waals surface area contributed by atoms with Gasteiger partial charge in [-0.25, -0.2) is 14.6 Å². The number of rotatable bonds is 11. The number of aryl methyl sites for hydroxylation is 1. The smallest absolute Gasteiger partial charge is 0.415 e. The number of nitrogens with zero attached hydrogens (tertiary/aromatic N) is 7. The molecule has 0 saturated carbocycles. The molecular weight excluding hydrogens is 925 g/mol. The highest BCUT2D eigenvalue weighted by Crippen LogP contribution is 2.42. The van der Waals surface area contributed by atoms with E-state index in [0.29, 0.717) is 104 Å². The van der Waals surface area contributed by atoms with Crippen LogP contribution in [0, 0.1) is 0 Å². The molecule has 72 heavy (non-hydrogen) atoms. The van der Waals surface area contributed by atoms with E-state index in [1.54, 1.807) is 82.5 Å². The van der Waals surface area contributed by atoms with E-state index in [-0.39, 0.29) is 77.3 Å². The highest BCUT2D eigenvalue weighted by Gasteiger charge is 2.46. The number of fused-ring (bicyclic) bond motifs is 5. The number of phenolic OH excluding ortho intramolecular Hbond substituents is 2. The number of aromatic hydroxyl groups is 2. The maximum absolute atomic E-state index is 14.1. The molecule has 0 unspecified atom stereocenters. The Labute approximate surface area is 414 Å². The lowest BCUT2D eigenvalue weighted by atomic mass is 9.86. The van der Waals surface area contributed by atoms with Crippen molar-refractivity contribution < 1.29 is 48.7 Å². The Morgan fingerprint density at radius 3 is 2.36 bits per heavy atom. The van der Waals surface area contributed by atoms with Crippen LogP contribution >= 0.6 is 0 Å². The van der Waals surface area contributed by atoms with E-state index in [2.05, 4.69) is 15.5 Å². The van der Waals surface area contributed by atoms with Crippen molar-refractivity contribution in [2.75, 3.05) is 26.2 Å². The topological polar surface area (TPSA) is 241 Å². The molecule has 0 bridgehead atoms. The first kappa shape index (κ1) is 47.9. The molecule has 3 aromatic carbocycles. The standard InChI is InChI=1S/C53H56N8O11/c1-6-33-35-22-32(15-16-40(35)55-45-37(33)26-60-42(45)24-39-38(49(60)65)27-70-51(67)53(39,69)7-2)72-52(68)59-19-9-10-41(59)50(66)58-20-17-31(18-21-58)71-30-13-11-29(12-14-30)61-46(56-57-47(61)48(64)54-8-3)36-23-34(28(4)5)43(62)25-44(36)63/h11-16,22-25,28,31,41,62-63,69H,6-10,17-21,26-27H2,1-5H3,(H,54,64)/t41-,53-/m0/s1. The van der Waals surface area contributed by atoms with Crippen molar-refractivity contribution in [3.05, 3.63) is 105 Å². The third kappa shape index (κ3) is 8.14. The average Bonchev–Trinajstić information content (AvgIpc) is 4.13. The molecule has 2 atom stereocenters. The number of nitrogens with one attached hydrogen (secondary N) is 1. The molecule has 374 valence electrons. The second-order valence-electron chi connectivity index (χ2n) is 19.0. The van der Waals surface area contributed by atoms with Gasteiger partial charge in [0.05, 0.1) is 34.6 Å². The van der Waals surface area contributed by atoms with E-state index in [0.717, 1.165) is 16.5 Å². The van der Waals surface area contributed by atoms with Crippen LogP contribution in [0.5, 0.6) is 23.0 Å². The van der Waals surface area contributed by atoms with E-state index >= 15 is 0 Å². The van der Waals surface area contributed by atoms with Gasteiger partial charge in [-0.1, -0.05) is 27.7 Å². The number of carbonyl (C=O) groups excluding carboxylic acids is 4. The minimum atomic E-state index is -1.93. The molecule has 19 nitrogen and oxygen atoms in total. The Morgan fingerprint density at radius 2 is 1.65 bits per heavy atom. The lowest BCUT2D eigenvalue weighted by Crippen LogP contribution is -2.51. The summed E-state index contributed by atoms with van der Waals surface area (Å²) in [6, 6.07) is 16.2. The van der Waals surface area contributed by atoms with E-state index in [1.165, 1.54) is 11.0 Å². The largest absolute Gasteiger partial charge is 0.508 e. The summed E-state index contributed by atoms with van der Waals surface area (Å²) in [5.74, 6) is -0.598. The predicted molar refractivity (Wildman–Crippen MR) is 262 cm³/mol. The second-order valence-corrected chi connectivity index (χ2v) is 19.0. The van der Waals surface area contributed by atoms with Gasteiger partial charge in [0.25, 0.3) is 11.5 Å². The van der Waals surface area contributed by atoms with Gasteiger partial charge in [-0.3, -0.25) is 23.9 Å². The number of hydrogen-bond acceptors (Lipinski definition) is 14. The molecule has 2 saturated heterocycles. The van der Waals surface area contributed by atoms with Gasteiger partial charge in [-0.2, -0.15) is 0 Å². The number of piperidine rings is 1. The minimum absolute atomic E-state index is 0.0164. The molecule has 7 heterocycles. The summed E-state index contributed by atoms with van der Waals surface area (Å²) in [6.07, 6.45) is 2.08. The van der Waals surface area contributed by atoms with Gasteiger partial charge in [0.1, 0.15) is 41.8 Å². The van der Waals surface area contributed by atoms with Gasteiger partial charge >= 0.3 is 12.1 Å². The number of pyridine rings is 2. The molecule has 4 aliphatic rings. The SMILES string of the molecule is CCNC(=O)c1nnc(-c2cc(C(C)C)c(O)cc2O)n1-c1ccc(OC2CCN(C(=O)[C@@H]3CCCN3C(=O)Oc3ccc4nc5c(c(CC)c4c3)Cn3c-5cc4c(c3=O)COC(=O)[C@]4(O)CC)CC2)cc1. The van der Waals surface area contributed by atoms with Gasteiger partial charge in [-0.15, -0.1) is 10.2 Å². The molecule has 19 heteroatoms. The van der Waals surface area contributed by atoms with Crippen molar-refractivity contribution in [3.8, 4) is 51.5 Å². The highest BCUT2D eigenvalue weighted by molar-refractivity contribution is 5.93. The maximum atomic E-state index is 14.1. The number of aromatic nitrogens is 5. The van der Waals surface area contributed by atoms with Gasteiger partial charge in [0, 0.05) is 67.3 Å². The van der Waals surface area contributed by atoms with E-state index in [4.69, 9.17) is 19.2 Å². The van der Waals surface area contributed by atoms with Crippen molar-refractivity contribution >= 4 is 34.8 Å². The summed E-state index contributed by atoms with van der Waals surface area (Å²) in [6.45, 7) is 10.9. The zero-order chi connectivity index (χ0) is 50.7. The Balaban J connectivity index is 0.797. The summed E-state index contributed by atoms with van der Waals surface area (Å²) in [5, 5.41) is 44.7. The Morgan fingerprint density at radius 1 is 0.903 bits per heavy atom. The van der Waals surface area contributed by atoms with Gasteiger partial charge < -0.3 is 44.3 Å². The molecule has 4 N–H and O–H groups in total. The molecular formula is C53H56N8O11. The van der Waals surface area contributed by atoms with E-state index < -0.39 is 29.6 Å². The van der Waals surface area contributed by atoms with E-state index in [1.807, 2.05) is 20.8 Å². The second kappa shape index (κ2) is 18.7. The van der Waals surface area contributed by atoms with Crippen LogP contribution in [0.4, 0.5) is 4.79 Å². The number of hydrogen-bond donors (Lipinski definition) is 4. The summed E-state index contributed by atoms with van der Waals surface area (Å²) in [7, 11) is 0. The fourth-order valence-corrected chi connectivity index (χ4v) is 10.6.